The first kappa shape index (κ1) is 17.3. The van der Waals surface area contributed by atoms with Crippen molar-refractivity contribution in [2.24, 2.45) is 0 Å². The molecule has 2 heterocycles. The van der Waals surface area contributed by atoms with E-state index in [1.165, 1.54) is 9.87 Å². The second-order valence-corrected chi connectivity index (χ2v) is 8.75. The summed E-state index contributed by atoms with van der Waals surface area (Å²) in [6, 6.07) is 8.24. The van der Waals surface area contributed by atoms with Crippen LogP contribution in [0.15, 0.2) is 45.9 Å². The first-order valence-corrected chi connectivity index (χ1v) is 10.4. The number of carbonyl (C=O) groups excluding carboxylic acids is 1. The highest BCUT2D eigenvalue weighted by atomic mass is 32.2. The minimum atomic E-state index is -3.68. The molecule has 0 saturated carbocycles. The van der Waals surface area contributed by atoms with Gasteiger partial charge in [-0.1, -0.05) is 6.07 Å². The van der Waals surface area contributed by atoms with Gasteiger partial charge < -0.3 is 9.73 Å². The lowest BCUT2D eigenvalue weighted by Crippen LogP contribution is -2.45. The van der Waals surface area contributed by atoms with E-state index in [1.54, 1.807) is 30.5 Å². The molecule has 26 heavy (non-hydrogen) atoms. The average Bonchev–Trinajstić information content (AvgIpc) is 3.40. The van der Waals surface area contributed by atoms with Gasteiger partial charge in [0.25, 0.3) is 0 Å². The summed E-state index contributed by atoms with van der Waals surface area (Å²) in [5.41, 5.74) is 2.35. The van der Waals surface area contributed by atoms with Gasteiger partial charge in [0.2, 0.25) is 15.9 Å². The number of hydrogen-bond acceptors (Lipinski definition) is 4. The van der Waals surface area contributed by atoms with Crippen molar-refractivity contribution in [3.8, 4) is 0 Å². The first-order valence-electron chi connectivity index (χ1n) is 8.99. The smallest absolute Gasteiger partial charge is 0.243 e. The molecule has 1 atom stereocenters. The summed E-state index contributed by atoms with van der Waals surface area (Å²) in [5.74, 6) is 0.369. The van der Waals surface area contributed by atoms with Crippen LogP contribution in [0.2, 0.25) is 0 Å². The summed E-state index contributed by atoms with van der Waals surface area (Å²) in [6.45, 7) is 0.632. The maximum Gasteiger partial charge on any atom is 0.243 e. The SMILES string of the molecule is O=C(NCc1ccco1)[C@H]1CCCN1S(=O)(=O)c1ccc2c(c1)CCC2. The zero-order valence-electron chi connectivity index (χ0n) is 14.5. The van der Waals surface area contributed by atoms with E-state index in [-0.39, 0.29) is 12.5 Å². The molecule has 7 heteroatoms. The molecule has 1 aromatic carbocycles. The van der Waals surface area contributed by atoms with Gasteiger partial charge in [-0.25, -0.2) is 8.42 Å². The molecule has 6 nitrogen and oxygen atoms in total. The molecule has 1 saturated heterocycles. The van der Waals surface area contributed by atoms with Crippen LogP contribution in [0, 0.1) is 0 Å². The maximum atomic E-state index is 13.1. The minimum Gasteiger partial charge on any atom is -0.467 e. The lowest BCUT2D eigenvalue weighted by molar-refractivity contribution is -0.124. The second kappa shape index (κ2) is 6.89. The predicted molar refractivity (Wildman–Crippen MR) is 95.9 cm³/mol. The van der Waals surface area contributed by atoms with Gasteiger partial charge in [-0.2, -0.15) is 4.31 Å². The third-order valence-electron chi connectivity index (χ3n) is 5.20. The van der Waals surface area contributed by atoms with Crippen molar-refractivity contribution in [2.45, 2.75) is 49.6 Å². The first-order chi connectivity index (χ1) is 12.6. The van der Waals surface area contributed by atoms with E-state index >= 15 is 0 Å². The van der Waals surface area contributed by atoms with Crippen LogP contribution in [-0.4, -0.2) is 31.2 Å². The molecule has 1 amide bonds. The standard InChI is InChI=1S/C19H22N2O4S/c22-19(20-13-16-6-3-11-25-16)18-7-2-10-21(18)26(23,24)17-9-8-14-4-1-5-15(14)12-17/h3,6,8-9,11-12,18H,1-2,4-5,7,10,13H2,(H,20,22)/t18-/m1/s1. The molecule has 2 aliphatic rings. The highest BCUT2D eigenvalue weighted by Crippen LogP contribution is 2.30. The molecule has 0 bridgehead atoms. The maximum absolute atomic E-state index is 13.1. The van der Waals surface area contributed by atoms with Crippen molar-refractivity contribution >= 4 is 15.9 Å². The Hall–Kier alpha value is -2.12. The van der Waals surface area contributed by atoms with Crippen LogP contribution in [0.4, 0.5) is 0 Å². The summed E-state index contributed by atoms with van der Waals surface area (Å²) in [4.78, 5) is 12.9. The summed E-state index contributed by atoms with van der Waals surface area (Å²) < 4.78 is 32.8. The number of rotatable bonds is 5. The minimum absolute atomic E-state index is 0.259. The summed E-state index contributed by atoms with van der Waals surface area (Å²) in [5, 5.41) is 2.78. The summed E-state index contributed by atoms with van der Waals surface area (Å²) in [6.07, 6.45) is 5.77. The number of nitrogens with one attached hydrogen (secondary N) is 1. The number of aryl methyl sites for hydroxylation is 2. The fourth-order valence-electron chi connectivity index (χ4n) is 3.84. The third-order valence-corrected chi connectivity index (χ3v) is 7.10. The van der Waals surface area contributed by atoms with Gasteiger partial charge in [0.05, 0.1) is 17.7 Å². The van der Waals surface area contributed by atoms with Crippen molar-refractivity contribution < 1.29 is 17.6 Å². The lowest BCUT2D eigenvalue weighted by Gasteiger charge is -2.23. The van der Waals surface area contributed by atoms with Crippen molar-refractivity contribution in [3.05, 3.63) is 53.5 Å². The number of furan rings is 1. The molecule has 1 fully saturated rings. The highest BCUT2D eigenvalue weighted by molar-refractivity contribution is 7.89. The fraction of sp³-hybridized carbons (Fsp3) is 0.421. The summed E-state index contributed by atoms with van der Waals surface area (Å²) in [7, 11) is -3.68. The van der Waals surface area contributed by atoms with Gasteiger partial charge >= 0.3 is 0 Å². The molecule has 4 rings (SSSR count). The van der Waals surface area contributed by atoms with Crippen molar-refractivity contribution in [1.82, 2.24) is 9.62 Å². The molecular formula is C19H22N2O4S. The van der Waals surface area contributed by atoms with Crippen molar-refractivity contribution in [3.63, 3.8) is 0 Å². The Balaban J connectivity index is 1.52. The highest BCUT2D eigenvalue weighted by Gasteiger charge is 2.39. The number of nitrogens with zero attached hydrogens (tertiary/aromatic N) is 1. The average molecular weight is 374 g/mol. The van der Waals surface area contributed by atoms with Crippen LogP contribution >= 0.6 is 0 Å². The van der Waals surface area contributed by atoms with Crippen LogP contribution < -0.4 is 5.32 Å². The summed E-state index contributed by atoms with van der Waals surface area (Å²) >= 11 is 0. The van der Waals surface area contributed by atoms with Gasteiger partial charge in [0.15, 0.2) is 0 Å². The normalized spacial score (nSPS) is 20.2. The van der Waals surface area contributed by atoms with Crippen LogP contribution in [-0.2, 0) is 34.2 Å². The molecule has 1 N–H and O–H groups in total. The quantitative estimate of drug-likeness (QED) is 0.870. The van der Waals surface area contributed by atoms with Crippen LogP contribution in [0.5, 0.6) is 0 Å². The molecule has 0 spiro atoms. The molecule has 2 aromatic rings. The van der Waals surface area contributed by atoms with E-state index in [0.29, 0.717) is 30.0 Å². The van der Waals surface area contributed by atoms with Gasteiger partial charge in [-0.3, -0.25) is 4.79 Å². The van der Waals surface area contributed by atoms with E-state index < -0.39 is 16.1 Å². The Morgan fingerprint density at radius 2 is 2.04 bits per heavy atom. The van der Waals surface area contributed by atoms with Gasteiger partial charge in [-0.15, -0.1) is 0 Å². The van der Waals surface area contributed by atoms with E-state index in [9.17, 15) is 13.2 Å². The van der Waals surface area contributed by atoms with Gasteiger partial charge in [0, 0.05) is 6.54 Å². The fourth-order valence-corrected chi connectivity index (χ4v) is 5.55. The largest absolute Gasteiger partial charge is 0.467 e. The Bertz CT molecular complexity index is 906. The predicted octanol–water partition coefficient (Wildman–Crippen LogP) is 2.24. The monoisotopic (exact) mass is 374 g/mol. The molecular weight excluding hydrogens is 352 g/mol. The van der Waals surface area contributed by atoms with Gasteiger partial charge in [-0.05, 0) is 67.5 Å². The van der Waals surface area contributed by atoms with E-state index in [0.717, 1.165) is 24.8 Å². The number of carbonyl (C=O) groups is 1. The van der Waals surface area contributed by atoms with E-state index in [2.05, 4.69) is 5.32 Å². The van der Waals surface area contributed by atoms with Crippen LogP contribution in [0.1, 0.15) is 36.1 Å². The molecule has 1 aromatic heterocycles. The molecule has 1 aliphatic heterocycles. The Labute approximate surface area is 153 Å². The van der Waals surface area contributed by atoms with Crippen LogP contribution in [0.3, 0.4) is 0 Å². The molecule has 1 aliphatic carbocycles. The van der Waals surface area contributed by atoms with E-state index in [4.69, 9.17) is 4.42 Å². The second-order valence-electron chi connectivity index (χ2n) is 6.86. The Morgan fingerprint density at radius 3 is 2.85 bits per heavy atom. The zero-order chi connectivity index (χ0) is 18.1. The van der Waals surface area contributed by atoms with E-state index in [1.807, 2.05) is 6.07 Å². The number of hydrogen-bond donors (Lipinski definition) is 1. The Kier molecular flexibility index (Phi) is 4.58. The van der Waals surface area contributed by atoms with Crippen molar-refractivity contribution in [1.29, 1.82) is 0 Å². The number of fused-ring (bicyclic) bond motifs is 1. The lowest BCUT2D eigenvalue weighted by atomic mass is 10.1. The topological polar surface area (TPSA) is 79.6 Å². The Morgan fingerprint density at radius 1 is 1.19 bits per heavy atom. The molecule has 0 radical (unpaired) electrons. The molecule has 138 valence electrons. The van der Waals surface area contributed by atoms with Gasteiger partial charge in [0.1, 0.15) is 11.8 Å². The zero-order valence-corrected chi connectivity index (χ0v) is 15.3. The third kappa shape index (κ3) is 3.17. The number of sulfonamides is 1. The molecule has 0 unspecified atom stereocenters. The van der Waals surface area contributed by atoms with Crippen LogP contribution in [0.25, 0.3) is 0 Å². The van der Waals surface area contributed by atoms with Crippen molar-refractivity contribution in [2.75, 3.05) is 6.54 Å². The number of amides is 1. The number of benzene rings is 1.